The van der Waals surface area contributed by atoms with E-state index in [1.165, 1.54) is 12.1 Å². The number of hydrogen-bond acceptors (Lipinski definition) is 5. The molecular formula is C11H15BFNO4. The second-order valence-corrected chi connectivity index (χ2v) is 4.25. The van der Waals surface area contributed by atoms with Crippen LogP contribution in [0.5, 0.6) is 5.75 Å². The number of hydrogen-bond donors (Lipinski definition) is 3. The first-order valence-corrected chi connectivity index (χ1v) is 5.71. The fourth-order valence-corrected chi connectivity index (χ4v) is 1.97. The van der Waals surface area contributed by atoms with Gasteiger partial charge in [-0.25, -0.2) is 4.39 Å². The first kappa shape index (κ1) is 13.3. The SMILES string of the molecule is CC(O)COc1ccc(F)c2c1B(O)OC2CN. The first-order valence-electron chi connectivity index (χ1n) is 5.71. The molecule has 5 nitrogen and oxygen atoms in total. The molecule has 4 N–H and O–H groups in total. The van der Waals surface area contributed by atoms with E-state index in [0.29, 0.717) is 5.75 Å². The van der Waals surface area contributed by atoms with Crippen molar-refractivity contribution in [3.8, 4) is 5.75 Å². The maximum atomic E-state index is 13.7. The van der Waals surface area contributed by atoms with E-state index in [0.717, 1.165) is 0 Å². The molecule has 0 saturated carbocycles. The summed E-state index contributed by atoms with van der Waals surface area (Å²) in [4.78, 5) is 0. The van der Waals surface area contributed by atoms with E-state index in [1.54, 1.807) is 6.92 Å². The summed E-state index contributed by atoms with van der Waals surface area (Å²) in [6.45, 7) is 1.69. The molecule has 0 bridgehead atoms. The summed E-state index contributed by atoms with van der Waals surface area (Å²) >= 11 is 0. The highest BCUT2D eigenvalue weighted by molar-refractivity contribution is 6.62. The van der Waals surface area contributed by atoms with Crippen LogP contribution in [0, 0.1) is 5.82 Å². The van der Waals surface area contributed by atoms with Crippen LogP contribution in [-0.4, -0.2) is 36.5 Å². The Morgan fingerprint density at radius 3 is 2.94 bits per heavy atom. The molecule has 0 aromatic heterocycles. The summed E-state index contributed by atoms with van der Waals surface area (Å²) in [6, 6.07) is 2.64. The zero-order valence-electron chi connectivity index (χ0n) is 9.97. The molecule has 0 fully saturated rings. The Hall–Kier alpha value is -1.15. The van der Waals surface area contributed by atoms with Crippen LogP contribution >= 0.6 is 0 Å². The van der Waals surface area contributed by atoms with Crippen molar-refractivity contribution < 1.29 is 23.9 Å². The predicted octanol–water partition coefficient (Wildman–Crippen LogP) is -0.697. The minimum atomic E-state index is -1.26. The summed E-state index contributed by atoms with van der Waals surface area (Å²) in [5.74, 6) is -0.183. The number of nitrogens with two attached hydrogens (primary N) is 1. The molecule has 0 radical (unpaired) electrons. The topological polar surface area (TPSA) is 84.9 Å². The van der Waals surface area contributed by atoms with Crippen molar-refractivity contribution in [2.24, 2.45) is 5.73 Å². The Bertz CT molecular complexity index is 443. The van der Waals surface area contributed by atoms with E-state index < -0.39 is 25.1 Å². The number of halogens is 1. The van der Waals surface area contributed by atoms with E-state index in [9.17, 15) is 9.41 Å². The summed E-state index contributed by atoms with van der Waals surface area (Å²) in [5.41, 5.74) is 5.95. The van der Waals surface area contributed by atoms with Gasteiger partial charge >= 0.3 is 7.12 Å². The lowest BCUT2D eigenvalue weighted by molar-refractivity contribution is 0.123. The van der Waals surface area contributed by atoms with Crippen LogP contribution in [-0.2, 0) is 4.65 Å². The van der Waals surface area contributed by atoms with Crippen LogP contribution in [0.25, 0.3) is 0 Å². The van der Waals surface area contributed by atoms with Gasteiger partial charge in [-0.1, -0.05) is 0 Å². The van der Waals surface area contributed by atoms with E-state index in [2.05, 4.69) is 0 Å². The molecule has 1 aromatic carbocycles. The highest BCUT2D eigenvalue weighted by Crippen LogP contribution is 2.29. The Morgan fingerprint density at radius 1 is 1.61 bits per heavy atom. The van der Waals surface area contributed by atoms with Gasteiger partial charge in [0.25, 0.3) is 0 Å². The van der Waals surface area contributed by atoms with Gasteiger partial charge in [-0.15, -0.1) is 0 Å². The standard InChI is InChI=1S/C11H15BFNO4/c1-6(15)5-17-8-3-2-7(13)10-9(4-14)18-12(16)11(8)10/h2-3,6,9,15-16H,4-5,14H2,1H3. The third kappa shape index (κ3) is 2.35. The second kappa shape index (κ2) is 5.23. The minimum Gasteiger partial charge on any atom is -0.491 e. The summed E-state index contributed by atoms with van der Waals surface area (Å²) in [6.07, 6.45) is -1.33. The molecule has 7 heteroatoms. The van der Waals surface area contributed by atoms with Crippen molar-refractivity contribution in [2.45, 2.75) is 19.1 Å². The third-order valence-corrected chi connectivity index (χ3v) is 2.75. The minimum absolute atomic E-state index is 0.0537. The molecule has 0 amide bonds. The van der Waals surface area contributed by atoms with Gasteiger partial charge in [0.2, 0.25) is 0 Å². The normalized spacial score (nSPS) is 19.8. The van der Waals surface area contributed by atoms with Gasteiger partial charge in [0, 0.05) is 17.6 Å². The lowest BCUT2D eigenvalue weighted by Gasteiger charge is -2.13. The van der Waals surface area contributed by atoms with Gasteiger partial charge in [0.1, 0.15) is 18.2 Å². The lowest BCUT2D eigenvalue weighted by atomic mass is 9.78. The van der Waals surface area contributed by atoms with Crippen molar-refractivity contribution >= 4 is 12.6 Å². The highest BCUT2D eigenvalue weighted by atomic mass is 19.1. The van der Waals surface area contributed by atoms with Gasteiger partial charge in [-0.05, 0) is 19.1 Å². The molecule has 1 aliphatic rings. The number of aliphatic hydroxyl groups excluding tert-OH is 1. The van der Waals surface area contributed by atoms with Crippen LogP contribution in [0.3, 0.4) is 0 Å². The van der Waals surface area contributed by atoms with Crippen molar-refractivity contribution in [1.82, 2.24) is 0 Å². The van der Waals surface area contributed by atoms with Crippen molar-refractivity contribution in [1.29, 1.82) is 0 Å². The Kier molecular flexibility index (Phi) is 3.86. The van der Waals surface area contributed by atoms with E-state index in [-0.39, 0.29) is 24.2 Å². The Labute approximate surface area is 104 Å². The van der Waals surface area contributed by atoms with Crippen LogP contribution in [0.15, 0.2) is 12.1 Å². The first-order chi connectivity index (χ1) is 8.54. The Morgan fingerprint density at radius 2 is 2.33 bits per heavy atom. The lowest BCUT2D eigenvalue weighted by Crippen LogP contribution is -2.31. The summed E-state index contributed by atoms with van der Waals surface area (Å²) in [7, 11) is -1.26. The molecule has 2 rings (SSSR count). The average Bonchev–Trinajstić information content (AvgIpc) is 2.67. The van der Waals surface area contributed by atoms with Gasteiger partial charge in [-0.3, -0.25) is 0 Å². The summed E-state index contributed by atoms with van der Waals surface area (Å²) < 4.78 is 24.2. The van der Waals surface area contributed by atoms with Crippen LogP contribution < -0.4 is 15.9 Å². The van der Waals surface area contributed by atoms with Crippen molar-refractivity contribution in [2.75, 3.05) is 13.2 Å². The third-order valence-electron chi connectivity index (χ3n) is 2.75. The van der Waals surface area contributed by atoms with Crippen LogP contribution in [0.2, 0.25) is 0 Å². The molecule has 2 atom stereocenters. The molecule has 1 aromatic rings. The van der Waals surface area contributed by atoms with Gasteiger partial charge < -0.3 is 25.3 Å². The number of aliphatic hydroxyl groups is 1. The molecular weight excluding hydrogens is 240 g/mol. The molecule has 1 heterocycles. The monoisotopic (exact) mass is 255 g/mol. The van der Waals surface area contributed by atoms with E-state index >= 15 is 0 Å². The number of rotatable bonds is 4. The van der Waals surface area contributed by atoms with Gasteiger partial charge in [-0.2, -0.15) is 0 Å². The summed E-state index contributed by atoms with van der Waals surface area (Å²) in [5, 5.41) is 18.9. The van der Waals surface area contributed by atoms with Crippen molar-refractivity contribution in [3.63, 3.8) is 0 Å². The zero-order chi connectivity index (χ0) is 13.3. The maximum absolute atomic E-state index is 13.7. The van der Waals surface area contributed by atoms with Crippen molar-refractivity contribution in [3.05, 3.63) is 23.5 Å². The molecule has 98 valence electrons. The Balaban J connectivity index is 2.36. The fraction of sp³-hybridized carbons (Fsp3) is 0.455. The molecule has 18 heavy (non-hydrogen) atoms. The quantitative estimate of drug-likeness (QED) is 0.620. The average molecular weight is 255 g/mol. The predicted molar refractivity (Wildman–Crippen MR) is 64.1 cm³/mol. The van der Waals surface area contributed by atoms with E-state index in [4.69, 9.17) is 20.2 Å². The maximum Gasteiger partial charge on any atom is 0.495 e. The van der Waals surface area contributed by atoms with Crippen LogP contribution in [0.4, 0.5) is 4.39 Å². The molecule has 2 unspecified atom stereocenters. The fourth-order valence-electron chi connectivity index (χ4n) is 1.97. The zero-order valence-corrected chi connectivity index (χ0v) is 9.97. The largest absolute Gasteiger partial charge is 0.495 e. The smallest absolute Gasteiger partial charge is 0.491 e. The van der Waals surface area contributed by atoms with Crippen LogP contribution in [0.1, 0.15) is 18.6 Å². The molecule has 0 spiro atoms. The van der Waals surface area contributed by atoms with E-state index in [1.807, 2.05) is 0 Å². The molecule has 0 saturated heterocycles. The number of fused-ring (bicyclic) bond motifs is 1. The molecule has 1 aliphatic heterocycles. The number of benzene rings is 1. The highest BCUT2D eigenvalue weighted by Gasteiger charge is 2.39. The second-order valence-electron chi connectivity index (χ2n) is 4.25. The van der Waals surface area contributed by atoms with Gasteiger partial charge in [0.15, 0.2) is 0 Å². The van der Waals surface area contributed by atoms with Gasteiger partial charge in [0.05, 0.1) is 12.2 Å². The molecule has 0 aliphatic carbocycles. The number of ether oxygens (including phenoxy) is 1.